The van der Waals surface area contributed by atoms with Crippen LogP contribution >= 0.6 is 0 Å². The van der Waals surface area contributed by atoms with Crippen LogP contribution in [0, 0.1) is 26.6 Å². The molecule has 0 unspecified atom stereocenters. The van der Waals surface area contributed by atoms with E-state index in [1.165, 1.54) is 6.07 Å². The lowest BCUT2D eigenvalue weighted by Gasteiger charge is -2.07. The number of hydrogen-bond acceptors (Lipinski definition) is 4. The highest BCUT2D eigenvalue weighted by atomic mass is 19.1. The Kier molecular flexibility index (Phi) is 3.89. The molecule has 0 saturated carbocycles. The van der Waals surface area contributed by atoms with E-state index in [4.69, 9.17) is 4.52 Å². The number of carbonyl (C=O) groups is 1. The topological polar surface area (TPSA) is 76.2 Å². The molecule has 0 bridgehead atoms. The minimum absolute atomic E-state index is 0.0592. The van der Waals surface area contributed by atoms with Gasteiger partial charge in [0.2, 0.25) is 5.82 Å². The Morgan fingerprint density at radius 2 is 1.79 bits per heavy atom. The maximum Gasteiger partial charge on any atom is 0.335 e. The van der Waals surface area contributed by atoms with E-state index in [0.29, 0.717) is 11.1 Å². The highest BCUT2D eigenvalue weighted by molar-refractivity contribution is 5.92. The summed E-state index contributed by atoms with van der Waals surface area (Å²) in [5.74, 6) is -1.19. The number of halogens is 1. The van der Waals surface area contributed by atoms with Gasteiger partial charge in [-0.3, -0.25) is 0 Å². The van der Waals surface area contributed by atoms with Gasteiger partial charge in [-0.25, -0.2) is 9.18 Å². The van der Waals surface area contributed by atoms with Crippen molar-refractivity contribution in [3.63, 3.8) is 0 Å². The summed E-state index contributed by atoms with van der Waals surface area (Å²) < 4.78 is 19.2. The molecule has 3 rings (SSSR count). The van der Waals surface area contributed by atoms with E-state index in [9.17, 15) is 14.3 Å². The molecule has 1 N–H and O–H groups in total. The maximum absolute atomic E-state index is 14.0. The van der Waals surface area contributed by atoms with E-state index in [0.717, 1.165) is 11.1 Å². The first-order valence-electron chi connectivity index (χ1n) is 7.32. The summed E-state index contributed by atoms with van der Waals surface area (Å²) in [5, 5.41) is 13.2. The quantitative estimate of drug-likeness (QED) is 0.782. The van der Waals surface area contributed by atoms with Gasteiger partial charge in [0, 0.05) is 5.56 Å². The highest BCUT2D eigenvalue weighted by Crippen LogP contribution is 2.29. The van der Waals surface area contributed by atoms with Crippen molar-refractivity contribution in [3.8, 4) is 22.8 Å². The lowest BCUT2D eigenvalue weighted by Crippen LogP contribution is -2.02. The van der Waals surface area contributed by atoms with Crippen molar-refractivity contribution in [2.45, 2.75) is 20.8 Å². The number of aryl methyl sites for hydroxylation is 2. The number of rotatable bonds is 3. The number of benzene rings is 2. The first-order valence-corrected chi connectivity index (χ1v) is 7.32. The zero-order valence-corrected chi connectivity index (χ0v) is 13.4. The van der Waals surface area contributed by atoms with E-state index in [-0.39, 0.29) is 22.8 Å². The smallest absolute Gasteiger partial charge is 0.335 e. The molecule has 24 heavy (non-hydrogen) atoms. The zero-order valence-electron chi connectivity index (χ0n) is 13.4. The lowest BCUT2D eigenvalue weighted by molar-refractivity contribution is 0.0696. The van der Waals surface area contributed by atoms with Gasteiger partial charge in [-0.05, 0) is 56.2 Å². The molecule has 0 amide bonds. The summed E-state index contributed by atoms with van der Waals surface area (Å²) in [5.41, 5.74) is 3.11. The highest BCUT2D eigenvalue weighted by Gasteiger charge is 2.19. The Morgan fingerprint density at radius 3 is 2.50 bits per heavy atom. The van der Waals surface area contributed by atoms with Gasteiger partial charge in [-0.1, -0.05) is 16.8 Å². The summed E-state index contributed by atoms with van der Waals surface area (Å²) in [6.07, 6.45) is 0. The molecule has 2 aromatic carbocycles. The van der Waals surface area contributed by atoms with Crippen LogP contribution in [0.4, 0.5) is 4.39 Å². The Morgan fingerprint density at radius 1 is 1.08 bits per heavy atom. The van der Waals surface area contributed by atoms with Crippen LogP contribution < -0.4 is 0 Å². The predicted octanol–water partition coefficient (Wildman–Crippen LogP) is 4.17. The Hall–Kier alpha value is -3.02. The second-order valence-electron chi connectivity index (χ2n) is 5.70. The molecule has 5 nitrogen and oxygen atoms in total. The summed E-state index contributed by atoms with van der Waals surface area (Å²) >= 11 is 0. The minimum atomic E-state index is -1.02. The van der Waals surface area contributed by atoms with Gasteiger partial charge in [0.15, 0.2) is 0 Å². The molecule has 0 saturated heterocycles. The second kappa shape index (κ2) is 5.88. The van der Waals surface area contributed by atoms with E-state index < -0.39 is 11.8 Å². The molecule has 0 aliphatic rings. The van der Waals surface area contributed by atoms with Gasteiger partial charge in [-0.2, -0.15) is 4.98 Å². The normalized spacial score (nSPS) is 10.8. The minimum Gasteiger partial charge on any atom is -0.478 e. The third kappa shape index (κ3) is 2.78. The van der Waals surface area contributed by atoms with E-state index in [1.807, 2.05) is 6.92 Å². The summed E-state index contributed by atoms with van der Waals surface area (Å²) in [6.45, 7) is 5.31. The SMILES string of the molecule is Cc1ccc(F)c(-c2nc(-c3cc(C)cc(C(=O)O)c3C)no2)c1. The van der Waals surface area contributed by atoms with Gasteiger partial charge >= 0.3 is 5.97 Å². The lowest BCUT2D eigenvalue weighted by atomic mass is 9.99. The van der Waals surface area contributed by atoms with Crippen molar-refractivity contribution < 1.29 is 18.8 Å². The second-order valence-corrected chi connectivity index (χ2v) is 5.70. The summed E-state index contributed by atoms with van der Waals surface area (Å²) in [7, 11) is 0. The van der Waals surface area contributed by atoms with Crippen LogP contribution in [0.1, 0.15) is 27.0 Å². The van der Waals surface area contributed by atoms with Crippen LogP contribution in [0.2, 0.25) is 0 Å². The van der Waals surface area contributed by atoms with E-state index in [1.54, 1.807) is 38.1 Å². The molecule has 0 aliphatic carbocycles. The summed E-state index contributed by atoms with van der Waals surface area (Å²) in [4.78, 5) is 15.6. The molecular weight excluding hydrogens is 311 g/mol. The maximum atomic E-state index is 14.0. The Balaban J connectivity index is 2.12. The van der Waals surface area contributed by atoms with Crippen molar-refractivity contribution in [2.24, 2.45) is 0 Å². The number of aromatic nitrogens is 2. The van der Waals surface area contributed by atoms with Crippen molar-refractivity contribution in [1.29, 1.82) is 0 Å². The average Bonchev–Trinajstić information content (AvgIpc) is 3.01. The van der Waals surface area contributed by atoms with Gasteiger partial charge in [-0.15, -0.1) is 0 Å². The van der Waals surface area contributed by atoms with Gasteiger partial charge in [0.25, 0.3) is 5.89 Å². The van der Waals surface area contributed by atoms with Crippen LogP contribution in [-0.2, 0) is 0 Å². The third-order valence-corrected chi connectivity index (χ3v) is 3.80. The molecule has 0 atom stereocenters. The van der Waals surface area contributed by atoms with Gasteiger partial charge in [0.05, 0.1) is 11.1 Å². The molecule has 6 heteroatoms. The van der Waals surface area contributed by atoms with E-state index >= 15 is 0 Å². The standard InChI is InChI=1S/C18H15FN2O3/c1-9-4-5-15(19)14(6-9)17-20-16(21-24-17)12-7-10(2)8-13(11(12)3)18(22)23/h4-8H,1-3H3,(H,22,23). The number of nitrogens with zero attached hydrogens (tertiary/aromatic N) is 2. The van der Waals surface area contributed by atoms with Gasteiger partial charge < -0.3 is 9.63 Å². The number of carboxylic acid groups (broad SMARTS) is 1. The molecule has 1 aromatic heterocycles. The van der Waals surface area contributed by atoms with Crippen LogP contribution in [0.5, 0.6) is 0 Å². The molecule has 0 aliphatic heterocycles. The third-order valence-electron chi connectivity index (χ3n) is 3.80. The van der Waals surface area contributed by atoms with E-state index in [2.05, 4.69) is 10.1 Å². The van der Waals surface area contributed by atoms with Crippen molar-refractivity contribution in [2.75, 3.05) is 0 Å². The van der Waals surface area contributed by atoms with Crippen LogP contribution in [0.15, 0.2) is 34.9 Å². The number of hydrogen-bond donors (Lipinski definition) is 1. The van der Waals surface area contributed by atoms with Gasteiger partial charge in [0.1, 0.15) is 5.82 Å². The molecule has 3 aromatic rings. The molecule has 1 heterocycles. The largest absolute Gasteiger partial charge is 0.478 e. The van der Waals surface area contributed by atoms with Crippen LogP contribution in [-0.4, -0.2) is 21.2 Å². The molecule has 122 valence electrons. The molecule has 0 fully saturated rings. The zero-order chi connectivity index (χ0) is 17.4. The number of carboxylic acids is 1. The first kappa shape index (κ1) is 15.9. The fraction of sp³-hybridized carbons (Fsp3) is 0.167. The number of aromatic carboxylic acids is 1. The molecule has 0 spiro atoms. The molecular formula is C18H15FN2O3. The molecule has 0 radical (unpaired) electrons. The van der Waals surface area contributed by atoms with Crippen molar-refractivity contribution in [1.82, 2.24) is 10.1 Å². The Bertz CT molecular complexity index is 947. The van der Waals surface area contributed by atoms with Crippen LogP contribution in [0.25, 0.3) is 22.8 Å². The monoisotopic (exact) mass is 326 g/mol. The predicted molar refractivity (Wildman–Crippen MR) is 86.3 cm³/mol. The average molecular weight is 326 g/mol. The van der Waals surface area contributed by atoms with Crippen molar-refractivity contribution >= 4 is 5.97 Å². The van der Waals surface area contributed by atoms with Crippen molar-refractivity contribution in [3.05, 3.63) is 58.4 Å². The fourth-order valence-corrected chi connectivity index (χ4v) is 2.56. The summed E-state index contributed by atoms with van der Waals surface area (Å²) in [6, 6.07) is 7.98. The van der Waals surface area contributed by atoms with Crippen LogP contribution in [0.3, 0.4) is 0 Å². The fourth-order valence-electron chi connectivity index (χ4n) is 2.56. The first-order chi connectivity index (χ1) is 11.4. The Labute approximate surface area is 137 Å².